The third-order valence-electron chi connectivity index (χ3n) is 4.23. The van der Waals surface area contributed by atoms with E-state index in [0.717, 1.165) is 10.9 Å². The summed E-state index contributed by atoms with van der Waals surface area (Å²) in [5.41, 5.74) is 1.28. The second kappa shape index (κ2) is 8.02. The molecule has 0 unspecified atom stereocenters. The minimum Gasteiger partial charge on any atom is -0.337 e. The van der Waals surface area contributed by atoms with E-state index < -0.39 is 0 Å². The largest absolute Gasteiger partial charge is 0.337 e. The summed E-state index contributed by atoms with van der Waals surface area (Å²) in [6.07, 6.45) is 0.763. The van der Waals surface area contributed by atoms with E-state index in [4.69, 9.17) is 11.6 Å². The van der Waals surface area contributed by atoms with Gasteiger partial charge < -0.3 is 9.80 Å². The Morgan fingerprint density at radius 1 is 0.840 bits per heavy atom. The molecule has 130 valence electrons. The highest BCUT2D eigenvalue weighted by atomic mass is 79.9. The maximum absolute atomic E-state index is 12.7. The topological polar surface area (TPSA) is 40.6 Å². The van der Waals surface area contributed by atoms with Crippen LogP contribution in [0.25, 0.3) is 0 Å². The van der Waals surface area contributed by atoms with E-state index in [0.29, 0.717) is 42.3 Å². The summed E-state index contributed by atoms with van der Waals surface area (Å²) >= 11 is 9.28. The van der Waals surface area contributed by atoms with Gasteiger partial charge in [0, 0.05) is 46.8 Å². The van der Waals surface area contributed by atoms with Crippen molar-refractivity contribution in [2.24, 2.45) is 0 Å². The molecule has 1 aliphatic heterocycles. The van der Waals surface area contributed by atoms with Crippen molar-refractivity contribution in [3.8, 4) is 0 Å². The maximum atomic E-state index is 12.7. The molecule has 0 aliphatic carbocycles. The average Bonchev–Trinajstić information content (AvgIpc) is 2.87. The number of carbonyl (C=O) groups is 2. The minimum absolute atomic E-state index is 0.00194. The minimum atomic E-state index is -0.0200. The fourth-order valence-electron chi connectivity index (χ4n) is 2.90. The van der Waals surface area contributed by atoms with Gasteiger partial charge in [-0.1, -0.05) is 33.6 Å². The number of rotatable bonds is 2. The van der Waals surface area contributed by atoms with Crippen molar-refractivity contribution in [2.75, 3.05) is 26.2 Å². The van der Waals surface area contributed by atoms with Crippen LogP contribution in [0.1, 0.15) is 27.1 Å². The van der Waals surface area contributed by atoms with Crippen LogP contribution in [-0.2, 0) is 0 Å². The van der Waals surface area contributed by atoms with Crippen molar-refractivity contribution in [1.82, 2.24) is 9.80 Å². The Bertz CT molecular complexity index is 779. The maximum Gasteiger partial charge on any atom is 0.253 e. The Kier molecular flexibility index (Phi) is 5.76. The first-order chi connectivity index (χ1) is 12.0. The second-order valence-corrected chi connectivity index (χ2v) is 7.31. The van der Waals surface area contributed by atoms with Gasteiger partial charge in [-0.2, -0.15) is 0 Å². The van der Waals surface area contributed by atoms with Crippen molar-refractivity contribution in [2.45, 2.75) is 6.42 Å². The van der Waals surface area contributed by atoms with Crippen LogP contribution in [0.2, 0.25) is 5.02 Å². The van der Waals surface area contributed by atoms with E-state index >= 15 is 0 Å². The zero-order chi connectivity index (χ0) is 17.8. The lowest BCUT2D eigenvalue weighted by molar-refractivity contribution is 0.0718. The van der Waals surface area contributed by atoms with Gasteiger partial charge in [0.2, 0.25) is 0 Å². The van der Waals surface area contributed by atoms with Crippen molar-refractivity contribution < 1.29 is 9.59 Å². The number of hydrogen-bond donors (Lipinski definition) is 0. The fraction of sp³-hybridized carbons (Fsp3) is 0.263. The smallest absolute Gasteiger partial charge is 0.253 e. The molecule has 0 aromatic heterocycles. The molecule has 2 aromatic rings. The van der Waals surface area contributed by atoms with Crippen LogP contribution in [0.4, 0.5) is 0 Å². The summed E-state index contributed by atoms with van der Waals surface area (Å²) in [6.45, 7) is 2.35. The van der Waals surface area contributed by atoms with Gasteiger partial charge in [0.1, 0.15) is 0 Å². The van der Waals surface area contributed by atoms with E-state index in [1.165, 1.54) is 0 Å². The highest BCUT2D eigenvalue weighted by Crippen LogP contribution is 2.16. The summed E-state index contributed by atoms with van der Waals surface area (Å²) in [4.78, 5) is 28.9. The van der Waals surface area contributed by atoms with Gasteiger partial charge in [-0.25, -0.2) is 0 Å². The van der Waals surface area contributed by atoms with Crippen LogP contribution < -0.4 is 0 Å². The highest BCUT2D eigenvalue weighted by Gasteiger charge is 2.23. The molecule has 2 aromatic carbocycles. The molecule has 1 fully saturated rings. The lowest BCUT2D eigenvalue weighted by Crippen LogP contribution is -2.37. The summed E-state index contributed by atoms with van der Waals surface area (Å²) in [6, 6.07) is 14.3. The molecular formula is C19H18BrClN2O2. The average molecular weight is 422 g/mol. The Labute approximate surface area is 160 Å². The first-order valence-electron chi connectivity index (χ1n) is 8.14. The quantitative estimate of drug-likeness (QED) is 0.733. The summed E-state index contributed by atoms with van der Waals surface area (Å²) in [5.74, 6) is -0.0180. The molecule has 1 heterocycles. The van der Waals surface area contributed by atoms with Gasteiger partial charge in [-0.3, -0.25) is 9.59 Å². The first kappa shape index (κ1) is 18.0. The van der Waals surface area contributed by atoms with Crippen LogP contribution >= 0.6 is 27.5 Å². The Morgan fingerprint density at radius 3 is 2.04 bits per heavy atom. The number of nitrogens with zero attached hydrogens (tertiary/aromatic N) is 2. The Hall–Kier alpha value is -1.85. The third-order valence-corrected chi connectivity index (χ3v) is 4.98. The number of benzene rings is 2. The molecule has 0 spiro atoms. The molecule has 0 saturated carbocycles. The zero-order valence-corrected chi connectivity index (χ0v) is 16.0. The molecule has 4 nitrogen and oxygen atoms in total. The molecule has 0 N–H and O–H groups in total. The highest BCUT2D eigenvalue weighted by molar-refractivity contribution is 9.10. The number of carbonyl (C=O) groups excluding carboxylic acids is 2. The van der Waals surface area contributed by atoms with Gasteiger partial charge in [-0.05, 0) is 48.9 Å². The van der Waals surface area contributed by atoms with E-state index in [1.54, 1.807) is 29.2 Å². The molecule has 1 saturated heterocycles. The molecule has 0 bridgehead atoms. The van der Waals surface area contributed by atoms with Gasteiger partial charge in [0.25, 0.3) is 11.8 Å². The summed E-state index contributed by atoms with van der Waals surface area (Å²) < 4.78 is 0.882. The van der Waals surface area contributed by atoms with Crippen LogP contribution in [-0.4, -0.2) is 47.8 Å². The van der Waals surface area contributed by atoms with Crippen molar-refractivity contribution in [3.63, 3.8) is 0 Å². The predicted octanol–water partition coefficient (Wildman–Crippen LogP) is 4.09. The van der Waals surface area contributed by atoms with Crippen LogP contribution in [0, 0.1) is 0 Å². The predicted molar refractivity (Wildman–Crippen MR) is 102 cm³/mol. The number of halogens is 2. The van der Waals surface area contributed by atoms with Crippen LogP contribution in [0.15, 0.2) is 53.0 Å². The standard InChI is InChI=1S/C19H18BrClN2O2/c20-16-4-1-3-15(13-16)19(25)23-10-2-9-22(11-12-23)18(24)14-5-7-17(21)8-6-14/h1,3-8,13H,2,9-12H2. The lowest BCUT2D eigenvalue weighted by atomic mass is 10.2. The summed E-state index contributed by atoms with van der Waals surface area (Å²) in [7, 11) is 0. The Morgan fingerprint density at radius 2 is 1.44 bits per heavy atom. The monoisotopic (exact) mass is 420 g/mol. The molecule has 2 amide bonds. The van der Waals surface area contributed by atoms with E-state index in [1.807, 2.05) is 29.2 Å². The molecule has 0 radical (unpaired) electrons. The first-order valence-corrected chi connectivity index (χ1v) is 9.31. The second-order valence-electron chi connectivity index (χ2n) is 5.96. The van der Waals surface area contributed by atoms with Crippen molar-refractivity contribution in [1.29, 1.82) is 0 Å². The molecule has 6 heteroatoms. The Balaban J connectivity index is 1.67. The van der Waals surface area contributed by atoms with Crippen molar-refractivity contribution in [3.05, 3.63) is 69.2 Å². The van der Waals surface area contributed by atoms with Gasteiger partial charge >= 0.3 is 0 Å². The fourth-order valence-corrected chi connectivity index (χ4v) is 3.43. The van der Waals surface area contributed by atoms with Crippen LogP contribution in [0.3, 0.4) is 0 Å². The van der Waals surface area contributed by atoms with E-state index in [9.17, 15) is 9.59 Å². The third kappa shape index (κ3) is 4.41. The van der Waals surface area contributed by atoms with Gasteiger partial charge in [-0.15, -0.1) is 0 Å². The van der Waals surface area contributed by atoms with Gasteiger partial charge in [0.05, 0.1) is 0 Å². The van der Waals surface area contributed by atoms with Crippen LogP contribution in [0.5, 0.6) is 0 Å². The molecule has 0 atom stereocenters. The number of hydrogen-bond acceptors (Lipinski definition) is 2. The number of amides is 2. The lowest BCUT2D eigenvalue weighted by Gasteiger charge is -2.22. The SMILES string of the molecule is O=C(c1ccc(Cl)cc1)N1CCCN(C(=O)c2cccc(Br)c2)CC1. The van der Waals surface area contributed by atoms with Crippen molar-refractivity contribution >= 4 is 39.3 Å². The molecule has 3 rings (SSSR count). The molecule has 1 aliphatic rings. The normalized spacial score (nSPS) is 15.0. The molecule has 25 heavy (non-hydrogen) atoms. The zero-order valence-electron chi connectivity index (χ0n) is 13.6. The van der Waals surface area contributed by atoms with Gasteiger partial charge in [0.15, 0.2) is 0 Å². The molecular weight excluding hydrogens is 404 g/mol. The summed E-state index contributed by atoms with van der Waals surface area (Å²) in [5, 5.41) is 0.609. The van der Waals surface area contributed by atoms with E-state index in [-0.39, 0.29) is 11.8 Å². The van der Waals surface area contributed by atoms with E-state index in [2.05, 4.69) is 15.9 Å².